The molecule has 3 atom stereocenters. The molecule has 0 bridgehead atoms. The van der Waals surface area contributed by atoms with E-state index in [9.17, 15) is 0 Å². The second-order valence-electron chi connectivity index (χ2n) is 10.4. The minimum atomic E-state index is 0.0454. The summed E-state index contributed by atoms with van der Waals surface area (Å²) in [5, 5.41) is 4.97. The zero-order valence-corrected chi connectivity index (χ0v) is 24.6. The van der Waals surface area contributed by atoms with Gasteiger partial charge in [0.25, 0.3) is 0 Å². The van der Waals surface area contributed by atoms with Crippen molar-refractivity contribution in [2.24, 2.45) is 0 Å². The van der Waals surface area contributed by atoms with Crippen molar-refractivity contribution in [2.75, 3.05) is 42.2 Å². The minimum Gasteiger partial charge on any atom is -0.393 e. The highest BCUT2D eigenvalue weighted by Crippen LogP contribution is 2.38. The lowest BCUT2D eigenvalue weighted by Gasteiger charge is -2.49. The van der Waals surface area contributed by atoms with E-state index in [1.54, 1.807) is 0 Å². The predicted octanol–water partition coefficient (Wildman–Crippen LogP) is 6.69. The molecule has 3 N–H and O–H groups in total. The maximum absolute atomic E-state index is 6.65. The molecule has 0 aliphatic carbocycles. The van der Waals surface area contributed by atoms with Crippen molar-refractivity contribution in [2.45, 2.75) is 57.3 Å². The summed E-state index contributed by atoms with van der Waals surface area (Å²) in [6, 6.07) is 16.7. The third kappa shape index (κ3) is 6.39. The lowest BCUT2D eigenvalue weighted by atomic mass is 9.92. The fraction of sp³-hybridized carbons (Fsp3) is 0.448. The summed E-state index contributed by atoms with van der Waals surface area (Å²) in [7, 11) is 0. The molecule has 10 heteroatoms. The molecular formula is C29H35Cl3N6O. The maximum atomic E-state index is 6.65. The number of aromatic nitrogens is 2. The van der Waals surface area contributed by atoms with Crippen LogP contribution in [0.1, 0.15) is 50.3 Å². The summed E-state index contributed by atoms with van der Waals surface area (Å²) in [6.07, 6.45) is 3.21. The maximum Gasteiger partial charge on any atom is 0.226 e. The number of nitrogens with two attached hydrogens (primary N) is 1. The molecule has 0 amide bonds. The average Bonchev–Trinajstić information content (AvgIpc) is 3.45. The van der Waals surface area contributed by atoms with E-state index >= 15 is 0 Å². The van der Waals surface area contributed by atoms with Crippen molar-refractivity contribution in [1.29, 1.82) is 0 Å². The summed E-state index contributed by atoms with van der Waals surface area (Å²) < 4.78 is 5.75. The Kier molecular flexibility index (Phi) is 9.04. The van der Waals surface area contributed by atoms with Crippen LogP contribution >= 0.6 is 34.8 Å². The normalized spacial score (nSPS) is 22.0. The average molecular weight is 590 g/mol. The van der Waals surface area contributed by atoms with E-state index in [1.165, 1.54) is 11.1 Å². The number of halogens is 3. The Morgan fingerprint density at radius 2 is 1.64 bits per heavy atom. The molecule has 2 saturated heterocycles. The van der Waals surface area contributed by atoms with Crippen molar-refractivity contribution in [1.82, 2.24) is 14.9 Å². The molecule has 0 radical (unpaired) electrons. The van der Waals surface area contributed by atoms with Gasteiger partial charge in [-0.2, -0.15) is 9.97 Å². The third-order valence-electron chi connectivity index (χ3n) is 7.75. The van der Waals surface area contributed by atoms with Gasteiger partial charge in [-0.05, 0) is 73.2 Å². The first kappa shape index (κ1) is 28.2. The topological polar surface area (TPSA) is 79.5 Å². The monoisotopic (exact) mass is 588 g/mol. The molecule has 0 unspecified atom stereocenters. The van der Waals surface area contributed by atoms with E-state index < -0.39 is 0 Å². The number of nitrogens with zero attached hydrogens (tertiary/aromatic N) is 4. The predicted molar refractivity (Wildman–Crippen MR) is 161 cm³/mol. The number of rotatable bonds is 8. The Bertz CT molecular complexity index is 1210. The van der Waals surface area contributed by atoms with E-state index in [4.69, 9.17) is 45.3 Å². The number of nitrogen functional groups attached to an aromatic ring is 1. The van der Waals surface area contributed by atoms with Crippen LogP contribution < -0.4 is 16.0 Å². The van der Waals surface area contributed by atoms with Gasteiger partial charge in [-0.15, -0.1) is 0 Å². The lowest BCUT2D eigenvalue weighted by molar-refractivity contribution is 0.115. The van der Waals surface area contributed by atoms with Gasteiger partial charge in [-0.25, -0.2) is 0 Å². The highest BCUT2D eigenvalue weighted by atomic mass is 35.5. The van der Waals surface area contributed by atoms with Crippen LogP contribution in [0.2, 0.25) is 15.3 Å². The fourth-order valence-electron chi connectivity index (χ4n) is 5.71. The molecule has 2 aliphatic heterocycles. The van der Waals surface area contributed by atoms with Gasteiger partial charge in [0.05, 0.1) is 12.1 Å². The van der Waals surface area contributed by atoms with E-state index in [0.29, 0.717) is 23.9 Å². The van der Waals surface area contributed by atoms with Crippen LogP contribution in [0.15, 0.2) is 48.5 Å². The number of hydrogen-bond acceptors (Lipinski definition) is 7. The molecule has 2 aromatic carbocycles. The molecule has 3 aromatic rings. The second-order valence-corrected chi connectivity index (χ2v) is 11.6. The first-order chi connectivity index (χ1) is 18.8. The van der Waals surface area contributed by atoms with Crippen LogP contribution in [0.5, 0.6) is 0 Å². The van der Waals surface area contributed by atoms with Crippen LogP contribution in [-0.4, -0.2) is 59.3 Å². The molecule has 39 heavy (non-hydrogen) atoms. The zero-order valence-electron chi connectivity index (χ0n) is 22.3. The summed E-state index contributed by atoms with van der Waals surface area (Å²) in [6.45, 7) is 7.41. The second kappa shape index (κ2) is 12.5. The number of piperazine rings is 1. The standard InChI is InChI=1S/C29H35Cl3N6O/c1-3-23-17-37(28-25(33)27(35-29(32)36-28)34-15-24-5-4-14-39-24)18(2)16-38(23)26(19-6-10-21(30)11-7-19)20-8-12-22(31)13-9-20/h6-13,18,23-24,26H,3-5,14-17,33H2,1-2H3,(H,34,35,36)/t18-,23+,24+/m0/s1. The fourth-order valence-corrected chi connectivity index (χ4v) is 6.12. The van der Waals surface area contributed by atoms with Gasteiger partial charge in [0, 0.05) is 48.4 Å². The Labute approximate surface area is 245 Å². The van der Waals surface area contributed by atoms with Crippen LogP contribution in [0.3, 0.4) is 0 Å². The van der Waals surface area contributed by atoms with E-state index in [0.717, 1.165) is 49.0 Å². The number of anilines is 3. The highest BCUT2D eigenvalue weighted by Gasteiger charge is 2.37. The van der Waals surface area contributed by atoms with Crippen molar-refractivity contribution < 1.29 is 4.74 Å². The molecule has 0 spiro atoms. The number of nitrogens with one attached hydrogen (secondary N) is 1. The largest absolute Gasteiger partial charge is 0.393 e. The smallest absolute Gasteiger partial charge is 0.226 e. The number of benzene rings is 2. The van der Waals surface area contributed by atoms with Crippen molar-refractivity contribution in [3.8, 4) is 0 Å². The van der Waals surface area contributed by atoms with Crippen molar-refractivity contribution in [3.63, 3.8) is 0 Å². The Hall–Kier alpha value is -2.29. The molecule has 5 rings (SSSR count). The molecule has 0 saturated carbocycles. The zero-order chi connectivity index (χ0) is 27.5. The molecular weight excluding hydrogens is 555 g/mol. The molecule has 1 aromatic heterocycles. The minimum absolute atomic E-state index is 0.0454. The van der Waals surface area contributed by atoms with Crippen molar-refractivity contribution in [3.05, 3.63) is 75.0 Å². The number of hydrogen-bond donors (Lipinski definition) is 2. The number of ether oxygens (including phenoxy) is 1. The molecule has 208 valence electrons. The van der Waals surface area contributed by atoms with Gasteiger partial charge < -0.3 is 20.7 Å². The Morgan fingerprint density at radius 3 is 2.21 bits per heavy atom. The first-order valence-electron chi connectivity index (χ1n) is 13.6. The van der Waals surface area contributed by atoms with Gasteiger partial charge >= 0.3 is 0 Å². The van der Waals surface area contributed by atoms with Crippen LogP contribution in [0.4, 0.5) is 17.3 Å². The summed E-state index contributed by atoms with van der Waals surface area (Å²) in [5.74, 6) is 1.23. The quantitative estimate of drug-likeness (QED) is 0.283. The lowest BCUT2D eigenvalue weighted by Crippen LogP contribution is -2.58. The van der Waals surface area contributed by atoms with Gasteiger partial charge in [0.15, 0.2) is 11.6 Å². The summed E-state index contributed by atoms with van der Waals surface area (Å²) >= 11 is 18.9. The van der Waals surface area contributed by atoms with E-state index in [1.807, 2.05) is 24.3 Å². The third-order valence-corrected chi connectivity index (χ3v) is 8.42. The molecule has 2 aliphatic rings. The van der Waals surface area contributed by atoms with Crippen LogP contribution in [-0.2, 0) is 4.74 Å². The molecule has 3 heterocycles. The van der Waals surface area contributed by atoms with Gasteiger partial charge in [0.1, 0.15) is 5.69 Å². The summed E-state index contributed by atoms with van der Waals surface area (Å²) in [5.41, 5.74) is 9.54. The van der Waals surface area contributed by atoms with Gasteiger partial charge in [0.2, 0.25) is 5.28 Å². The molecule has 7 nitrogen and oxygen atoms in total. The Balaban J connectivity index is 1.44. The van der Waals surface area contributed by atoms with Gasteiger partial charge in [-0.1, -0.05) is 54.4 Å². The van der Waals surface area contributed by atoms with E-state index in [-0.39, 0.29) is 29.5 Å². The summed E-state index contributed by atoms with van der Waals surface area (Å²) in [4.78, 5) is 13.8. The van der Waals surface area contributed by atoms with Crippen molar-refractivity contribution >= 4 is 52.1 Å². The Morgan fingerprint density at radius 1 is 1.00 bits per heavy atom. The molecule has 2 fully saturated rings. The van der Waals surface area contributed by atoms with Crippen LogP contribution in [0, 0.1) is 0 Å². The SMILES string of the molecule is CC[C@@H]1CN(c2nc(Cl)nc(NC[C@H]3CCCO3)c2N)[C@@H](C)CN1C(c1ccc(Cl)cc1)c1ccc(Cl)cc1. The van der Waals surface area contributed by atoms with Crippen LogP contribution in [0.25, 0.3) is 0 Å². The van der Waals surface area contributed by atoms with Gasteiger partial charge in [-0.3, -0.25) is 4.90 Å². The first-order valence-corrected chi connectivity index (χ1v) is 14.7. The van der Waals surface area contributed by atoms with E-state index in [2.05, 4.69) is 63.2 Å². The highest BCUT2D eigenvalue weighted by molar-refractivity contribution is 6.30.